The van der Waals surface area contributed by atoms with Gasteiger partial charge in [-0.1, -0.05) is 0 Å². The second-order valence-electron chi connectivity index (χ2n) is 1.98. The molecule has 0 aromatic rings. The van der Waals surface area contributed by atoms with Gasteiger partial charge in [-0.3, -0.25) is 0 Å². The summed E-state index contributed by atoms with van der Waals surface area (Å²) in [5, 5.41) is 97.6. The van der Waals surface area contributed by atoms with Crippen LogP contribution >= 0.6 is 0 Å². The van der Waals surface area contributed by atoms with Crippen LogP contribution in [-0.4, -0.2) is 303 Å². The van der Waals surface area contributed by atoms with Crippen LogP contribution in [-0.2, 0) is 0 Å². The fraction of sp³-hybridized carbons (Fsp3) is 0. The van der Waals surface area contributed by atoms with Crippen molar-refractivity contribution in [3.63, 3.8) is 0 Å². The average molecular weight is 645 g/mol. The second-order valence-corrected chi connectivity index (χ2v) is 1.98. The molecule has 0 atom stereocenters. The number of hydrogen-bond donors (Lipinski definition) is 14. The van der Waals surface area contributed by atoms with Gasteiger partial charge in [-0.25, -0.2) is 33.6 Å². The van der Waals surface area contributed by atoms with Gasteiger partial charge in [0.25, 0.3) is 0 Å². The van der Waals surface area contributed by atoms with Crippen LogP contribution in [0.25, 0.3) is 0 Å². The van der Waals surface area contributed by atoms with Crippen molar-refractivity contribution in [2.45, 2.75) is 0 Å². The van der Waals surface area contributed by atoms with Gasteiger partial charge >= 0.3 is 232 Å². The molecule has 0 heterocycles. The molecule has 0 aliphatic carbocycles. The van der Waals surface area contributed by atoms with Gasteiger partial charge in [0.05, 0.1) is 0 Å². The van der Waals surface area contributed by atoms with E-state index in [1.807, 2.05) is 0 Å². The molecule has 26 heteroatoms. The van der Waals surface area contributed by atoms with Crippen molar-refractivity contribution < 1.29 is 105 Å². The molecule has 0 aromatic carbocycles. The van der Waals surface area contributed by atoms with Crippen LogP contribution in [0.2, 0.25) is 0 Å². The van der Waals surface area contributed by atoms with Gasteiger partial charge in [0.1, 0.15) is 0 Å². The average Bonchev–Trinajstić information content (AvgIpc) is 2.20. The van der Waals surface area contributed by atoms with E-state index in [4.69, 9.17) is 105 Å². The van der Waals surface area contributed by atoms with E-state index >= 15 is 0 Å². The number of carbonyl (C=O) groups is 7. The molecule has 0 aliphatic heterocycles. The van der Waals surface area contributed by atoms with Crippen molar-refractivity contribution >= 4 is 232 Å². The van der Waals surface area contributed by atoms with Crippen molar-refractivity contribution in [2.75, 3.05) is 0 Å². The maximum atomic E-state index is 8.56. The van der Waals surface area contributed by atoms with Gasteiger partial charge in [-0.05, 0) is 0 Å². The Balaban J connectivity index is -0.0000000152. The Bertz CT molecular complexity index is 322. The first-order chi connectivity index (χ1) is 12.1. The molecule has 0 aliphatic rings. The summed E-state index contributed by atoms with van der Waals surface area (Å²) in [5.41, 5.74) is 0. The molecule has 0 aromatic heterocycles. The molecule has 0 radical (unpaired) electrons. The van der Waals surface area contributed by atoms with E-state index in [1.165, 1.54) is 0 Å². The van der Waals surface area contributed by atoms with Gasteiger partial charge in [0.15, 0.2) is 0 Å². The van der Waals surface area contributed by atoms with Crippen LogP contribution in [0.3, 0.4) is 0 Å². The maximum absolute atomic E-state index is 8.56. The van der Waals surface area contributed by atoms with Gasteiger partial charge in [-0.15, -0.1) is 0 Å². The van der Waals surface area contributed by atoms with Crippen LogP contribution in [0, 0.1) is 0 Å². The number of hydrogen-bond acceptors (Lipinski definition) is 7. The molecule has 0 saturated heterocycles. The van der Waals surface area contributed by atoms with Crippen LogP contribution in [0.5, 0.6) is 0 Å². The number of carboxylic acid groups (broad SMARTS) is 14. The van der Waals surface area contributed by atoms with E-state index in [0.29, 0.717) is 0 Å². The van der Waals surface area contributed by atoms with Crippen molar-refractivity contribution in [3.8, 4) is 0 Å². The first-order valence-electron chi connectivity index (χ1n) is 4.56. The first kappa shape index (κ1) is 76.5. The molecule has 0 unspecified atom stereocenters. The topological polar surface area (TPSA) is 403 Å². The molecular weight excluding hydrogens is 620 g/mol. The van der Waals surface area contributed by atoms with Gasteiger partial charge < -0.3 is 71.5 Å². The van der Waals surface area contributed by atoms with Crippen LogP contribution in [0.1, 0.15) is 0 Å². The summed E-state index contributed by atoms with van der Waals surface area (Å²) in [6.07, 6.45) is -12.8. The molecular formula is C7H24Ca5O21. The van der Waals surface area contributed by atoms with Crippen molar-refractivity contribution in [2.24, 2.45) is 0 Å². The second kappa shape index (κ2) is 69.8. The summed E-state index contributed by atoms with van der Waals surface area (Å²) in [6.45, 7) is 0. The molecule has 21 nitrogen and oxygen atoms in total. The Morgan fingerprint density at radius 3 is 0.212 bits per heavy atom. The summed E-state index contributed by atoms with van der Waals surface area (Å²) in [5.74, 6) is 0. The summed E-state index contributed by atoms with van der Waals surface area (Å²) < 4.78 is 0. The van der Waals surface area contributed by atoms with Crippen LogP contribution in [0.15, 0.2) is 0 Å². The fourth-order valence-corrected chi connectivity index (χ4v) is 0. The Labute approximate surface area is 330 Å². The van der Waals surface area contributed by atoms with Crippen LogP contribution < -0.4 is 0 Å². The fourth-order valence-electron chi connectivity index (χ4n) is 0. The molecule has 14 N–H and O–H groups in total. The standard InChI is InChI=1S/7CH2O3.5Ca.10H/c7*2-1(3)4;;;;;;;;;;;;;;;/h7*(H2,2,3,4);;;;;;;;;;;;;;;. The van der Waals surface area contributed by atoms with E-state index in [9.17, 15) is 0 Å². The Hall–Kier alpha value is 1.19. The summed E-state index contributed by atoms with van der Waals surface area (Å²) in [7, 11) is 0. The number of rotatable bonds is 0. The Morgan fingerprint density at radius 1 is 0.212 bits per heavy atom. The predicted molar refractivity (Wildman–Crippen MR) is 117 cm³/mol. The summed E-state index contributed by atoms with van der Waals surface area (Å²) in [6, 6.07) is 0. The summed E-state index contributed by atoms with van der Waals surface area (Å²) in [4.78, 5) is 59.9. The first-order valence-corrected chi connectivity index (χ1v) is 4.56. The van der Waals surface area contributed by atoms with Crippen molar-refractivity contribution in [1.29, 1.82) is 0 Å². The van der Waals surface area contributed by atoms with Gasteiger partial charge in [0.2, 0.25) is 0 Å². The predicted octanol–water partition coefficient (Wildman–Crippen LogP) is -3.02. The third kappa shape index (κ3) is 22800. The van der Waals surface area contributed by atoms with Crippen molar-refractivity contribution in [3.05, 3.63) is 0 Å². The molecule has 0 rings (SSSR count). The molecule has 0 bridgehead atoms. The minimum absolute atomic E-state index is 0. The quantitative estimate of drug-likeness (QED) is 0.117. The Kier molecular flexibility index (Phi) is 162. The monoisotopic (exact) mass is 644 g/mol. The van der Waals surface area contributed by atoms with Gasteiger partial charge in [0, 0.05) is 0 Å². The third-order valence-corrected chi connectivity index (χ3v) is 0. The summed E-state index contributed by atoms with van der Waals surface area (Å²) >= 11 is 0. The zero-order valence-electron chi connectivity index (χ0n) is 12.6. The van der Waals surface area contributed by atoms with E-state index < -0.39 is 43.1 Å². The minimum atomic E-state index is -1.83. The molecule has 0 fully saturated rings. The zero-order valence-corrected chi connectivity index (χ0v) is 12.6. The Morgan fingerprint density at radius 2 is 0.212 bits per heavy atom. The van der Waals surface area contributed by atoms with E-state index in [-0.39, 0.29) is 189 Å². The van der Waals surface area contributed by atoms with E-state index in [0.717, 1.165) is 0 Å². The molecule has 188 valence electrons. The SMILES string of the molecule is O=C(O)O.O=C(O)O.O=C(O)O.O=C(O)O.O=C(O)O.O=C(O)O.O=C(O)O.[CaH2].[CaH2].[CaH2].[CaH2].[CaH2]. The van der Waals surface area contributed by atoms with Crippen LogP contribution in [0.4, 0.5) is 33.6 Å². The van der Waals surface area contributed by atoms with E-state index in [2.05, 4.69) is 0 Å². The van der Waals surface area contributed by atoms with Gasteiger partial charge in [-0.2, -0.15) is 0 Å². The zero-order chi connectivity index (χ0) is 25.0. The molecule has 0 saturated carbocycles. The molecule has 0 amide bonds. The normalized spacial score (nSPS) is 5.09. The molecule has 33 heavy (non-hydrogen) atoms. The third-order valence-electron chi connectivity index (χ3n) is 0. The molecule has 0 spiro atoms. The van der Waals surface area contributed by atoms with Crippen molar-refractivity contribution in [1.82, 2.24) is 0 Å². The van der Waals surface area contributed by atoms with E-state index in [1.54, 1.807) is 0 Å².